The van der Waals surface area contributed by atoms with E-state index in [2.05, 4.69) is 15.6 Å². The van der Waals surface area contributed by atoms with E-state index in [9.17, 15) is 9.18 Å². The molecule has 1 saturated carbocycles. The molecule has 1 aliphatic rings. The van der Waals surface area contributed by atoms with Gasteiger partial charge in [0.1, 0.15) is 5.82 Å². The second-order valence-electron chi connectivity index (χ2n) is 5.64. The van der Waals surface area contributed by atoms with Crippen molar-refractivity contribution in [3.63, 3.8) is 0 Å². The van der Waals surface area contributed by atoms with Gasteiger partial charge < -0.3 is 10.6 Å². The Bertz CT molecular complexity index is 708. The molecule has 0 bridgehead atoms. The molecule has 132 valence electrons. The van der Waals surface area contributed by atoms with Gasteiger partial charge in [0, 0.05) is 30.1 Å². The normalized spacial score (nSPS) is 13.1. The van der Waals surface area contributed by atoms with E-state index in [1.165, 1.54) is 12.1 Å². The fourth-order valence-electron chi connectivity index (χ4n) is 2.53. The van der Waals surface area contributed by atoms with E-state index in [1.54, 1.807) is 6.07 Å². The average molecular weight is 374 g/mol. The Morgan fingerprint density at radius 2 is 2.00 bits per heavy atom. The standard InChI is InChI=1S/C17H20FN3O.2ClH/c1-2-19-7-8-20-17(22)14-10-16(11-3-4-11)21-15-6-5-12(18)9-13(14)15;;/h5-6,9-11,19H,2-4,7-8H2,1H3,(H,20,22);2*1H. The molecule has 1 fully saturated rings. The maximum atomic E-state index is 13.5. The summed E-state index contributed by atoms with van der Waals surface area (Å²) in [6.07, 6.45) is 2.22. The lowest BCUT2D eigenvalue weighted by atomic mass is 10.1. The van der Waals surface area contributed by atoms with Crippen LogP contribution in [0.1, 0.15) is 41.7 Å². The molecule has 3 rings (SSSR count). The molecule has 4 nitrogen and oxygen atoms in total. The first-order valence-electron chi connectivity index (χ1n) is 7.78. The Hall–Kier alpha value is -1.43. The highest BCUT2D eigenvalue weighted by Gasteiger charge is 2.27. The van der Waals surface area contributed by atoms with Crippen LogP contribution < -0.4 is 10.6 Å². The van der Waals surface area contributed by atoms with Gasteiger partial charge >= 0.3 is 0 Å². The van der Waals surface area contributed by atoms with Crippen LogP contribution in [0.15, 0.2) is 24.3 Å². The van der Waals surface area contributed by atoms with Gasteiger partial charge in [0.2, 0.25) is 0 Å². The molecule has 2 aromatic rings. The van der Waals surface area contributed by atoms with Crippen LogP contribution in [0.2, 0.25) is 0 Å². The summed E-state index contributed by atoms with van der Waals surface area (Å²) in [6, 6.07) is 6.24. The number of amides is 1. The van der Waals surface area contributed by atoms with Crippen LogP contribution in [0, 0.1) is 5.82 Å². The highest BCUT2D eigenvalue weighted by atomic mass is 35.5. The third-order valence-corrected chi connectivity index (χ3v) is 3.87. The lowest BCUT2D eigenvalue weighted by molar-refractivity contribution is 0.0955. The first kappa shape index (κ1) is 20.6. The van der Waals surface area contributed by atoms with Crippen molar-refractivity contribution in [2.45, 2.75) is 25.7 Å². The van der Waals surface area contributed by atoms with Gasteiger partial charge in [-0.05, 0) is 43.7 Å². The molecule has 0 saturated heterocycles. The number of carbonyl (C=O) groups excluding carboxylic acids is 1. The highest BCUT2D eigenvalue weighted by Crippen LogP contribution is 2.40. The van der Waals surface area contributed by atoms with Crippen molar-refractivity contribution in [3.05, 3.63) is 41.3 Å². The first-order chi connectivity index (χ1) is 10.7. The number of benzene rings is 1. The number of halogens is 3. The van der Waals surface area contributed by atoms with Gasteiger partial charge in [-0.2, -0.15) is 0 Å². The zero-order valence-electron chi connectivity index (χ0n) is 13.5. The van der Waals surface area contributed by atoms with Crippen LogP contribution in [0.25, 0.3) is 10.9 Å². The number of carbonyl (C=O) groups is 1. The van der Waals surface area contributed by atoms with E-state index in [1.807, 2.05) is 13.0 Å². The predicted molar refractivity (Wildman–Crippen MR) is 99.0 cm³/mol. The van der Waals surface area contributed by atoms with Crippen LogP contribution in [-0.2, 0) is 0 Å². The van der Waals surface area contributed by atoms with E-state index in [4.69, 9.17) is 0 Å². The maximum Gasteiger partial charge on any atom is 0.252 e. The van der Waals surface area contributed by atoms with Gasteiger partial charge in [0.25, 0.3) is 5.91 Å². The van der Waals surface area contributed by atoms with Crippen LogP contribution >= 0.6 is 24.8 Å². The summed E-state index contributed by atoms with van der Waals surface area (Å²) < 4.78 is 13.5. The molecule has 24 heavy (non-hydrogen) atoms. The molecule has 0 atom stereocenters. The second kappa shape index (κ2) is 9.16. The smallest absolute Gasteiger partial charge is 0.252 e. The van der Waals surface area contributed by atoms with Crippen molar-refractivity contribution in [3.8, 4) is 0 Å². The Morgan fingerprint density at radius 3 is 2.67 bits per heavy atom. The number of hydrogen-bond donors (Lipinski definition) is 2. The quantitative estimate of drug-likeness (QED) is 0.762. The van der Waals surface area contributed by atoms with Gasteiger partial charge in [-0.25, -0.2) is 4.39 Å². The molecule has 1 aliphatic carbocycles. The molecule has 1 aromatic heterocycles. The lowest BCUT2D eigenvalue weighted by Gasteiger charge is -2.10. The monoisotopic (exact) mass is 373 g/mol. The molecule has 7 heteroatoms. The fraction of sp³-hybridized carbons (Fsp3) is 0.412. The first-order valence-corrected chi connectivity index (χ1v) is 7.78. The molecule has 0 spiro atoms. The lowest BCUT2D eigenvalue weighted by Crippen LogP contribution is -2.32. The Labute approximate surface area is 153 Å². The van der Waals surface area contributed by atoms with Crippen LogP contribution in [-0.4, -0.2) is 30.5 Å². The van der Waals surface area contributed by atoms with Crippen molar-refractivity contribution < 1.29 is 9.18 Å². The number of nitrogens with one attached hydrogen (secondary N) is 2. The molecule has 1 heterocycles. The number of rotatable bonds is 6. The number of aromatic nitrogens is 1. The van der Waals surface area contributed by atoms with E-state index in [0.29, 0.717) is 28.9 Å². The summed E-state index contributed by atoms with van der Waals surface area (Å²) in [7, 11) is 0. The summed E-state index contributed by atoms with van der Waals surface area (Å²) >= 11 is 0. The number of fused-ring (bicyclic) bond motifs is 1. The van der Waals surface area contributed by atoms with Crippen molar-refractivity contribution in [1.82, 2.24) is 15.6 Å². The van der Waals surface area contributed by atoms with Gasteiger partial charge in [0.15, 0.2) is 0 Å². The Morgan fingerprint density at radius 1 is 1.25 bits per heavy atom. The summed E-state index contributed by atoms with van der Waals surface area (Å²) in [6.45, 7) is 4.15. The van der Waals surface area contributed by atoms with Crippen LogP contribution in [0.3, 0.4) is 0 Å². The van der Waals surface area contributed by atoms with Crippen LogP contribution in [0.4, 0.5) is 4.39 Å². The number of pyridine rings is 1. The number of hydrogen-bond acceptors (Lipinski definition) is 3. The maximum absolute atomic E-state index is 13.5. The van der Waals surface area contributed by atoms with Gasteiger partial charge in [-0.1, -0.05) is 6.92 Å². The molecule has 2 N–H and O–H groups in total. The highest BCUT2D eigenvalue weighted by molar-refractivity contribution is 6.06. The molecule has 0 unspecified atom stereocenters. The topological polar surface area (TPSA) is 54.0 Å². The zero-order chi connectivity index (χ0) is 15.5. The minimum absolute atomic E-state index is 0. The molecule has 0 aliphatic heterocycles. The molecule has 1 amide bonds. The molecular formula is C17H22Cl2FN3O. The van der Waals surface area contributed by atoms with Crippen LogP contribution in [0.5, 0.6) is 0 Å². The second-order valence-corrected chi connectivity index (χ2v) is 5.64. The SMILES string of the molecule is CCNCCNC(=O)c1cc(C2CC2)nc2ccc(F)cc12.Cl.Cl. The summed E-state index contributed by atoms with van der Waals surface area (Å²) in [5.74, 6) is -0.0734. The minimum atomic E-state index is -0.352. The average Bonchev–Trinajstić information content (AvgIpc) is 3.35. The minimum Gasteiger partial charge on any atom is -0.351 e. The van der Waals surface area contributed by atoms with E-state index in [-0.39, 0.29) is 36.5 Å². The molecular weight excluding hydrogens is 352 g/mol. The van der Waals surface area contributed by atoms with Gasteiger partial charge in [-0.15, -0.1) is 24.8 Å². The summed E-state index contributed by atoms with van der Waals surface area (Å²) in [5.41, 5.74) is 2.14. The van der Waals surface area contributed by atoms with E-state index >= 15 is 0 Å². The third-order valence-electron chi connectivity index (χ3n) is 3.87. The third kappa shape index (κ3) is 4.79. The number of likely N-dealkylation sites (N-methyl/N-ethyl adjacent to an activating group) is 1. The fourth-order valence-corrected chi connectivity index (χ4v) is 2.53. The van der Waals surface area contributed by atoms with Gasteiger partial charge in [0.05, 0.1) is 11.1 Å². The Balaban J connectivity index is 0.00000144. The van der Waals surface area contributed by atoms with Gasteiger partial charge in [-0.3, -0.25) is 9.78 Å². The molecule has 0 radical (unpaired) electrons. The van der Waals surface area contributed by atoms with E-state index in [0.717, 1.165) is 31.6 Å². The molecule has 1 aromatic carbocycles. The van der Waals surface area contributed by atoms with E-state index < -0.39 is 0 Å². The van der Waals surface area contributed by atoms with Crippen molar-refractivity contribution in [2.75, 3.05) is 19.6 Å². The Kier molecular flexibility index (Phi) is 7.87. The summed E-state index contributed by atoms with van der Waals surface area (Å²) in [5, 5.41) is 6.61. The summed E-state index contributed by atoms with van der Waals surface area (Å²) in [4.78, 5) is 17.0. The van der Waals surface area contributed by atoms with Crippen molar-refractivity contribution in [2.24, 2.45) is 0 Å². The largest absolute Gasteiger partial charge is 0.351 e. The van der Waals surface area contributed by atoms with Crippen molar-refractivity contribution >= 4 is 41.6 Å². The predicted octanol–water partition coefficient (Wildman–Crippen LogP) is 3.43. The zero-order valence-corrected chi connectivity index (χ0v) is 15.1. The van der Waals surface area contributed by atoms with Crippen molar-refractivity contribution in [1.29, 1.82) is 0 Å². The number of nitrogens with zero attached hydrogens (tertiary/aromatic N) is 1.